The molecule has 152 valence electrons. The molecule has 1 aliphatic heterocycles. The SMILES string of the molecule is COCc1nc(OC)c2c(C)c(C(=O)Nc3ccc4c(c3)OCCCO4)sc2n1. The van der Waals surface area contributed by atoms with Crippen LogP contribution in [-0.4, -0.2) is 43.3 Å². The molecule has 9 heteroatoms. The number of carbonyl (C=O) groups is 1. The molecule has 29 heavy (non-hydrogen) atoms. The number of methoxy groups -OCH3 is 2. The van der Waals surface area contributed by atoms with Crippen LogP contribution in [0, 0.1) is 6.92 Å². The van der Waals surface area contributed by atoms with E-state index in [-0.39, 0.29) is 12.5 Å². The molecule has 0 saturated carbocycles. The number of thiophene rings is 1. The maximum atomic E-state index is 13.0. The quantitative estimate of drug-likeness (QED) is 0.681. The van der Waals surface area contributed by atoms with E-state index in [2.05, 4.69) is 15.3 Å². The van der Waals surface area contributed by atoms with Crippen LogP contribution in [0.1, 0.15) is 27.5 Å². The number of fused-ring (bicyclic) bond motifs is 2. The van der Waals surface area contributed by atoms with Crippen molar-refractivity contribution >= 4 is 33.1 Å². The number of anilines is 1. The van der Waals surface area contributed by atoms with Gasteiger partial charge in [0, 0.05) is 25.3 Å². The molecule has 0 saturated heterocycles. The largest absolute Gasteiger partial charge is 0.490 e. The molecule has 0 radical (unpaired) electrons. The van der Waals surface area contributed by atoms with E-state index < -0.39 is 0 Å². The minimum absolute atomic E-state index is 0.227. The molecule has 0 spiro atoms. The van der Waals surface area contributed by atoms with Crippen LogP contribution < -0.4 is 19.5 Å². The van der Waals surface area contributed by atoms with Crippen molar-refractivity contribution in [2.24, 2.45) is 0 Å². The number of nitrogens with one attached hydrogen (secondary N) is 1. The van der Waals surface area contributed by atoms with Crippen LogP contribution in [0.2, 0.25) is 0 Å². The van der Waals surface area contributed by atoms with Gasteiger partial charge in [0.2, 0.25) is 5.88 Å². The van der Waals surface area contributed by atoms with Crippen molar-refractivity contribution in [3.63, 3.8) is 0 Å². The van der Waals surface area contributed by atoms with Gasteiger partial charge in [-0.3, -0.25) is 4.79 Å². The second-order valence-corrected chi connectivity index (χ2v) is 7.48. The topological polar surface area (TPSA) is 91.8 Å². The van der Waals surface area contributed by atoms with Gasteiger partial charge in [0.15, 0.2) is 17.3 Å². The average Bonchev–Trinajstić information content (AvgIpc) is 2.89. The number of benzene rings is 1. The van der Waals surface area contributed by atoms with Crippen molar-refractivity contribution in [3.05, 3.63) is 34.5 Å². The van der Waals surface area contributed by atoms with Gasteiger partial charge in [-0.15, -0.1) is 11.3 Å². The summed E-state index contributed by atoms with van der Waals surface area (Å²) < 4.78 is 21.9. The summed E-state index contributed by atoms with van der Waals surface area (Å²) in [5, 5.41) is 3.67. The molecule has 1 aromatic carbocycles. The second-order valence-electron chi connectivity index (χ2n) is 6.48. The van der Waals surface area contributed by atoms with Crippen molar-refractivity contribution in [2.75, 3.05) is 32.8 Å². The molecule has 1 N–H and O–H groups in total. The molecule has 8 nitrogen and oxygen atoms in total. The predicted molar refractivity (Wildman–Crippen MR) is 109 cm³/mol. The Morgan fingerprint density at radius 1 is 1.21 bits per heavy atom. The van der Waals surface area contributed by atoms with Gasteiger partial charge in [0.1, 0.15) is 11.4 Å². The first-order valence-corrected chi connectivity index (χ1v) is 9.96. The van der Waals surface area contributed by atoms with Crippen LogP contribution in [0.5, 0.6) is 17.4 Å². The number of rotatable bonds is 5. The van der Waals surface area contributed by atoms with Gasteiger partial charge in [-0.05, 0) is 24.6 Å². The third-order valence-electron chi connectivity index (χ3n) is 4.48. The fourth-order valence-electron chi connectivity index (χ4n) is 3.13. The Labute approximate surface area is 171 Å². The number of amides is 1. The number of hydrogen-bond donors (Lipinski definition) is 1. The molecule has 1 aliphatic rings. The summed E-state index contributed by atoms with van der Waals surface area (Å²) in [6.07, 6.45) is 0.825. The van der Waals surface area contributed by atoms with Crippen molar-refractivity contribution in [2.45, 2.75) is 20.0 Å². The maximum Gasteiger partial charge on any atom is 0.266 e. The second kappa shape index (κ2) is 8.22. The third kappa shape index (κ3) is 3.83. The van der Waals surface area contributed by atoms with Crippen molar-refractivity contribution in [1.29, 1.82) is 0 Å². The smallest absolute Gasteiger partial charge is 0.266 e. The van der Waals surface area contributed by atoms with Crippen LogP contribution in [-0.2, 0) is 11.3 Å². The summed E-state index contributed by atoms with van der Waals surface area (Å²) in [7, 11) is 3.13. The normalized spacial score (nSPS) is 13.2. The summed E-state index contributed by atoms with van der Waals surface area (Å²) in [4.78, 5) is 23.1. The molecule has 0 atom stereocenters. The first-order valence-electron chi connectivity index (χ1n) is 9.14. The summed E-state index contributed by atoms with van der Waals surface area (Å²) in [6.45, 7) is 3.33. The van der Waals surface area contributed by atoms with Crippen LogP contribution in [0.3, 0.4) is 0 Å². The molecule has 0 aliphatic carbocycles. The van der Waals surface area contributed by atoms with Crippen LogP contribution in [0.4, 0.5) is 5.69 Å². The van der Waals surface area contributed by atoms with Crippen LogP contribution in [0.25, 0.3) is 10.2 Å². The zero-order valence-electron chi connectivity index (χ0n) is 16.4. The van der Waals surface area contributed by atoms with E-state index in [0.29, 0.717) is 51.8 Å². The van der Waals surface area contributed by atoms with Gasteiger partial charge in [0.05, 0.1) is 30.6 Å². The lowest BCUT2D eigenvalue weighted by Crippen LogP contribution is -2.11. The highest BCUT2D eigenvalue weighted by Gasteiger charge is 2.22. The first-order chi connectivity index (χ1) is 14.1. The van der Waals surface area contributed by atoms with Gasteiger partial charge >= 0.3 is 0 Å². The van der Waals surface area contributed by atoms with E-state index in [9.17, 15) is 4.79 Å². The Balaban J connectivity index is 1.65. The molecule has 1 amide bonds. The standard InChI is InChI=1S/C20H21N3O5S/c1-11-16-19(26-3)22-15(10-25-2)23-20(16)29-17(11)18(24)21-12-5-6-13-14(9-12)28-8-4-7-27-13/h5-6,9H,4,7-8,10H2,1-3H3,(H,21,24). The van der Waals surface area contributed by atoms with Crippen molar-refractivity contribution in [1.82, 2.24) is 9.97 Å². The van der Waals surface area contributed by atoms with Gasteiger partial charge in [-0.25, -0.2) is 4.98 Å². The summed E-state index contributed by atoms with van der Waals surface area (Å²) in [5.74, 6) is 2.03. The third-order valence-corrected chi connectivity index (χ3v) is 5.67. The van der Waals surface area contributed by atoms with Gasteiger partial charge in [-0.1, -0.05) is 0 Å². The fraction of sp³-hybridized carbons (Fsp3) is 0.350. The summed E-state index contributed by atoms with van der Waals surface area (Å²) in [5.41, 5.74) is 1.41. The Bertz CT molecular complexity index is 1070. The zero-order valence-corrected chi connectivity index (χ0v) is 17.2. The van der Waals surface area contributed by atoms with Gasteiger partial charge < -0.3 is 24.3 Å². The van der Waals surface area contributed by atoms with E-state index in [0.717, 1.165) is 17.4 Å². The van der Waals surface area contributed by atoms with Crippen LogP contribution in [0.15, 0.2) is 18.2 Å². The Hall–Kier alpha value is -2.91. The lowest BCUT2D eigenvalue weighted by Gasteiger charge is -2.10. The maximum absolute atomic E-state index is 13.0. The summed E-state index contributed by atoms with van der Waals surface area (Å²) >= 11 is 1.30. The Morgan fingerprint density at radius 3 is 2.76 bits per heavy atom. The molecular weight excluding hydrogens is 394 g/mol. The monoisotopic (exact) mass is 415 g/mol. The predicted octanol–water partition coefficient (Wildman–Crippen LogP) is 3.57. The highest BCUT2D eigenvalue weighted by Crippen LogP contribution is 2.36. The van der Waals surface area contributed by atoms with E-state index in [1.54, 1.807) is 32.4 Å². The molecule has 3 heterocycles. The lowest BCUT2D eigenvalue weighted by molar-refractivity contribution is 0.103. The molecule has 0 unspecified atom stereocenters. The number of aromatic nitrogens is 2. The Kier molecular flexibility index (Phi) is 5.50. The lowest BCUT2D eigenvalue weighted by atomic mass is 10.2. The number of aryl methyl sites for hydroxylation is 1. The van der Waals surface area contributed by atoms with E-state index in [1.165, 1.54) is 11.3 Å². The molecule has 4 rings (SSSR count). The highest BCUT2D eigenvalue weighted by atomic mass is 32.1. The molecule has 3 aromatic rings. The summed E-state index contributed by atoms with van der Waals surface area (Å²) in [6, 6.07) is 5.38. The molecular formula is C20H21N3O5S. The average molecular weight is 415 g/mol. The van der Waals surface area contributed by atoms with E-state index in [1.807, 2.05) is 6.92 Å². The van der Waals surface area contributed by atoms with Crippen molar-refractivity contribution < 1.29 is 23.7 Å². The molecule has 0 bridgehead atoms. The number of hydrogen-bond acceptors (Lipinski definition) is 8. The highest BCUT2D eigenvalue weighted by molar-refractivity contribution is 7.20. The Morgan fingerprint density at radius 2 is 2.00 bits per heavy atom. The molecule has 2 aromatic heterocycles. The van der Waals surface area contributed by atoms with E-state index >= 15 is 0 Å². The molecule has 0 fully saturated rings. The fourth-order valence-corrected chi connectivity index (χ4v) is 4.22. The first kappa shape index (κ1) is 19.4. The van der Waals surface area contributed by atoms with Crippen LogP contribution >= 0.6 is 11.3 Å². The zero-order chi connectivity index (χ0) is 20.4. The van der Waals surface area contributed by atoms with Gasteiger partial charge in [0.25, 0.3) is 5.91 Å². The minimum atomic E-state index is -0.227. The van der Waals surface area contributed by atoms with E-state index in [4.69, 9.17) is 18.9 Å². The minimum Gasteiger partial charge on any atom is -0.490 e. The number of nitrogens with zero attached hydrogens (tertiary/aromatic N) is 2. The van der Waals surface area contributed by atoms with Gasteiger partial charge in [-0.2, -0.15) is 4.98 Å². The number of ether oxygens (including phenoxy) is 4. The van der Waals surface area contributed by atoms with Crippen molar-refractivity contribution in [3.8, 4) is 17.4 Å². The number of carbonyl (C=O) groups excluding carboxylic acids is 1.